The van der Waals surface area contributed by atoms with Crippen molar-refractivity contribution >= 4 is 23.2 Å². The average molecular weight is 291 g/mol. The van der Waals surface area contributed by atoms with E-state index in [1.54, 1.807) is 19.2 Å². The van der Waals surface area contributed by atoms with Crippen molar-refractivity contribution in [1.29, 1.82) is 0 Å². The number of carbonyl (C=O) groups is 2. The Balaban J connectivity index is 2.15. The zero-order valence-electron chi connectivity index (χ0n) is 12.4. The van der Waals surface area contributed by atoms with Crippen LogP contribution in [-0.4, -0.2) is 31.5 Å². The number of anilines is 2. The minimum absolute atomic E-state index is 0.0180. The van der Waals surface area contributed by atoms with Crippen molar-refractivity contribution < 1.29 is 14.3 Å². The number of rotatable bonds is 4. The summed E-state index contributed by atoms with van der Waals surface area (Å²) in [5, 5.41) is 8.83. The zero-order valence-corrected chi connectivity index (χ0v) is 12.4. The molecule has 1 fully saturated rings. The lowest BCUT2D eigenvalue weighted by atomic mass is 10.1. The zero-order chi connectivity index (χ0) is 15.2. The maximum Gasteiger partial charge on any atom is 0.242 e. The van der Waals surface area contributed by atoms with Gasteiger partial charge in [0, 0.05) is 19.2 Å². The molecule has 21 heavy (non-hydrogen) atoms. The van der Waals surface area contributed by atoms with Crippen LogP contribution >= 0.6 is 0 Å². The van der Waals surface area contributed by atoms with E-state index in [9.17, 15) is 9.59 Å². The van der Waals surface area contributed by atoms with Crippen molar-refractivity contribution in [3.8, 4) is 5.75 Å². The highest BCUT2D eigenvalue weighted by Gasteiger charge is 2.20. The molecule has 0 aliphatic carbocycles. The number of amides is 2. The molecule has 1 aliphatic rings. The summed E-state index contributed by atoms with van der Waals surface area (Å²) < 4.78 is 5.21. The van der Waals surface area contributed by atoms with Gasteiger partial charge in [-0.15, -0.1) is 0 Å². The Kier molecular flexibility index (Phi) is 5.03. The Morgan fingerprint density at radius 2 is 2.19 bits per heavy atom. The van der Waals surface area contributed by atoms with Crippen LogP contribution in [0.1, 0.15) is 26.2 Å². The molecule has 2 amide bonds. The molecule has 2 rings (SSSR count). The van der Waals surface area contributed by atoms with Crippen molar-refractivity contribution in [2.45, 2.75) is 32.2 Å². The SMILES string of the molecule is COc1ccc(N[C@@H]2CCCCNC2=O)cc1NC(C)=O. The van der Waals surface area contributed by atoms with Gasteiger partial charge in [-0.25, -0.2) is 0 Å². The van der Waals surface area contributed by atoms with E-state index in [0.29, 0.717) is 11.4 Å². The second-order valence-corrected chi connectivity index (χ2v) is 5.08. The van der Waals surface area contributed by atoms with Crippen LogP contribution in [0.2, 0.25) is 0 Å². The smallest absolute Gasteiger partial charge is 0.242 e. The second kappa shape index (κ2) is 6.97. The lowest BCUT2D eigenvalue weighted by Gasteiger charge is -2.18. The Hall–Kier alpha value is -2.24. The van der Waals surface area contributed by atoms with Gasteiger partial charge in [0.2, 0.25) is 11.8 Å². The van der Waals surface area contributed by atoms with Gasteiger partial charge >= 0.3 is 0 Å². The third-order valence-electron chi connectivity index (χ3n) is 3.39. The predicted octanol–water partition coefficient (Wildman–Crippen LogP) is 1.73. The van der Waals surface area contributed by atoms with Crippen LogP contribution in [0.5, 0.6) is 5.75 Å². The topological polar surface area (TPSA) is 79.5 Å². The van der Waals surface area contributed by atoms with Crippen LogP contribution < -0.4 is 20.7 Å². The fourth-order valence-electron chi connectivity index (χ4n) is 2.36. The van der Waals surface area contributed by atoms with Crippen molar-refractivity contribution in [2.24, 2.45) is 0 Å². The maximum atomic E-state index is 11.9. The molecule has 0 saturated carbocycles. The highest BCUT2D eigenvalue weighted by molar-refractivity contribution is 5.91. The number of ether oxygens (including phenoxy) is 1. The number of hydrogen-bond donors (Lipinski definition) is 3. The summed E-state index contributed by atoms with van der Waals surface area (Å²) in [6.45, 7) is 2.18. The first-order valence-corrected chi connectivity index (χ1v) is 7.10. The molecule has 1 heterocycles. The number of benzene rings is 1. The number of carbonyl (C=O) groups excluding carboxylic acids is 2. The fraction of sp³-hybridized carbons (Fsp3) is 0.467. The molecule has 0 aromatic heterocycles. The van der Waals surface area contributed by atoms with E-state index < -0.39 is 0 Å². The van der Waals surface area contributed by atoms with Gasteiger partial charge < -0.3 is 20.7 Å². The quantitative estimate of drug-likeness (QED) is 0.789. The first-order chi connectivity index (χ1) is 10.1. The molecular formula is C15H21N3O3. The lowest BCUT2D eigenvalue weighted by molar-refractivity contribution is -0.121. The maximum absolute atomic E-state index is 11.9. The van der Waals surface area contributed by atoms with Gasteiger partial charge in [0.15, 0.2) is 0 Å². The first-order valence-electron chi connectivity index (χ1n) is 7.10. The van der Waals surface area contributed by atoms with E-state index in [1.807, 2.05) is 6.07 Å². The molecule has 3 N–H and O–H groups in total. The first kappa shape index (κ1) is 15.2. The Morgan fingerprint density at radius 1 is 1.38 bits per heavy atom. The van der Waals surface area contributed by atoms with E-state index in [2.05, 4.69) is 16.0 Å². The molecule has 1 saturated heterocycles. The Morgan fingerprint density at radius 3 is 2.90 bits per heavy atom. The number of nitrogens with one attached hydrogen (secondary N) is 3. The van der Waals surface area contributed by atoms with Crippen molar-refractivity contribution in [2.75, 3.05) is 24.3 Å². The van der Waals surface area contributed by atoms with Crippen LogP contribution in [0.3, 0.4) is 0 Å². The van der Waals surface area contributed by atoms with E-state index in [0.717, 1.165) is 31.5 Å². The van der Waals surface area contributed by atoms with Gasteiger partial charge in [-0.3, -0.25) is 9.59 Å². The van der Waals surface area contributed by atoms with Gasteiger partial charge in [0.25, 0.3) is 0 Å². The Bertz CT molecular complexity index is 531. The van der Waals surface area contributed by atoms with Gasteiger partial charge in [0.05, 0.1) is 12.8 Å². The molecule has 114 valence electrons. The van der Waals surface area contributed by atoms with Crippen molar-refractivity contribution in [3.63, 3.8) is 0 Å². The molecule has 0 bridgehead atoms. The summed E-state index contributed by atoms with van der Waals surface area (Å²) in [7, 11) is 1.55. The Labute approximate surface area is 124 Å². The number of methoxy groups -OCH3 is 1. The summed E-state index contributed by atoms with van der Waals surface area (Å²) in [5.41, 5.74) is 1.37. The van der Waals surface area contributed by atoms with Crippen LogP contribution in [-0.2, 0) is 9.59 Å². The summed E-state index contributed by atoms with van der Waals surface area (Å²) in [6.07, 6.45) is 2.81. The summed E-state index contributed by atoms with van der Waals surface area (Å²) in [5.74, 6) is 0.433. The van der Waals surface area contributed by atoms with Crippen molar-refractivity contribution in [3.05, 3.63) is 18.2 Å². The standard InChI is InChI=1S/C15H21N3O3/c1-10(19)17-13-9-11(6-7-14(13)21-2)18-12-5-3-4-8-16-15(12)20/h6-7,9,12,18H,3-5,8H2,1-2H3,(H,16,20)(H,17,19)/t12-/m1/s1. The third kappa shape index (κ3) is 4.11. The van der Waals surface area contributed by atoms with Gasteiger partial charge in [-0.05, 0) is 37.5 Å². The van der Waals surface area contributed by atoms with E-state index in [-0.39, 0.29) is 17.9 Å². The fourth-order valence-corrected chi connectivity index (χ4v) is 2.36. The minimum atomic E-state index is -0.244. The van der Waals surface area contributed by atoms with Gasteiger partial charge in [-0.1, -0.05) is 0 Å². The average Bonchev–Trinajstić information content (AvgIpc) is 2.64. The van der Waals surface area contributed by atoms with Gasteiger partial charge in [-0.2, -0.15) is 0 Å². The molecular weight excluding hydrogens is 270 g/mol. The predicted molar refractivity (Wildman–Crippen MR) is 81.6 cm³/mol. The molecule has 6 heteroatoms. The molecule has 6 nitrogen and oxygen atoms in total. The van der Waals surface area contributed by atoms with E-state index in [1.165, 1.54) is 6.92 Å². The monoisotopic (exact) mass is 291 g/mol. The summed E-state index contributed by atoms with van der Waals surface area (Å²) in [4.78, 5) is 23.2. The van der Waals surface area contributed by atoms with Crippen molar-refractivity contribution in [1.82, 2.24) is 5.32 Å². The number of hydrogen-bond acceptors (Lipinski definition) is 4. The summed E-state index contributed by atoms with van der Waals surface area (Å²) in [6, 6.07) is 5.13. The second-order valence-electron chi connectivity index (χ2n) is 5.08. The molecule has 1 aliphatic heterocycles. The normalized spacial score (nSPS) is 18.4. The lowest BCUT2D eigenvalue weighted by Crippen LogP contribution is -2.37. The molecule has 1 aromatic carbocycles. The summed E-state index contributed by atoms with van der Waals surface area (Å²) >= 11 is 0. The van der Waals surface area contributed by atoms with E-state index in [4.69, 9.17) is 4.74 Å². The molecule has 0 spiro atoms. The highest BCUT2D eigenvalue weighted by Crippen LogP contribution is 2.28. The van der Waals surface area contributed by atoms with Crippen LogP contribution in [0.4, 0.5) is 11.4 Å². The molecule has 1 atom stereocenters. The minimum Gasteiger partial charge on any atom is -0.495 e. The molecule has 0 radical (unpaired) electrons. The van der Waals surface area contributed by atoms with Gasteiger partial charge in [0.1, 0.15) is 11.8 Å². The molecule has 0 unspecified atom stereocenters. The van der Waals surface area contributed by atoms with Crippen LogP contribution in [0, 0.1) is 0 Å². The highest BCUT2D eigenvalue weighted by atomic mass is 16.5. The molecule has 1 aromatic rings. The van der Waals surface area contributed by atoms with Crippen LogP contribution in [0.15, 0.2) is 18.2 Å². The van der Waals surface area contributed by atoms with E-state index >= 15 is 0 Å². The van der Waals surface area contributed by atoms with Crippen LogP contribution in [0.25, 0.3) is 0 Å². The third-order valence-corrected chi connectivity index (χ3v) is 3.39. The largest absolute Gasteiger partial charge is 0.495 e.